The molecule has 2 aromatic carbocycles. The zero-order valence-corrected chi connectivity index (χ0v) is 19.5. The van der Waals surface area contributed by atoms with E-state index in [9.17, 15) is 9.90 Å². The Kier molecular flexibility index (Phi) is 8.17. The van der Waals surface area contributed by atoms with Crippen LogP contribution >= 0.6 is 23.7 Å². The van der Waals surface area contributed by atoms with Crippen LogP contribution in [0.25, 0.3) is 10.2 Å². The van der Waals surface area contributed by atoms with Gasteiger partial charge in [0.25, 0.3) is 0 Å². The first-order chi connectivity index (χ1) is 14.6. The van der Waals surface area contributed by atoms with Crippen LogP contribution in [0.5, 0.6) is 5.75 Å². The van der Waals surface area contributed by atoms with Gasteiger partial charge in [-0.3, -0.25) is 9.36 Å². The minimum Gasteiger partial charge on any atom is -0.505 e. The highest BCUT2D eigenvalue weighted by molar-refractivity contribution is 7.16. The van der Waals surface area contributed by atoms with Gasteiger partial charge in [-0.05, 0) is 42.0 Å². The van der Waals surface area contributed by atoms with Crippen LogP contribution in [-0.2, 0) is 24.1 Å². The van der Waals surface area contributed by atoms with Gasteiger partial charge in [0.15, 0.2) is 0 Å². The summed E-state index contributed by atoms with van der Waals surface area (Å²) in [5.41, 5.74) is 9.79. The highest BCUT2D eigenvalue weighted by Gasteiger charge is 2.26. The van der Waals surface area contributed by atoms with Crippen LogP contribution in [0.1, 0.15) is 55.4 Å². The minimum atomic E-state index is -0.0794. The molecular formula is C24H31ClN2O3S. The Labute approximate surface area is 193 Å². The Morgan fingerprint density at radius 2 is 2.10 bits per heavy atom. The lowest BCUT2D eigenvalue weighted by molar-refractivity contribution is -0.0175. The molecule has 4 rings (SSSR count). The Morgan fingerprint density at radius 1 is 1.29 bits per heavy atom. The van der Waals surface area contributed by atoms with Crippen LogP contribution in [-0.4, -0.2) is 22.3 Å². The first-order valence-electron chi connectivity index (χ1n) is 10.9. The van der Waals surface area contributed by atoms with Crippen molar-refractivity contribution in [3.05, 3.63) is 62.8 Å². The van der Waals surface area contributed by atoms with Crippen molar-refractivity contribution in [2.45, 2.75) is 64.2 Å². The molecule has 1 heterocycles. The number of aromatic hydroxyl groups is 1. The van der Waals surface area contributed by atoms with Crippen molar-refractivity contribution in [3.8, 4) is 5.75 Å². The second-order valence-electron chi connectivity index (χ2n) is 8.06. The summed E-state index contributed by atoms with van der Waals surface area (Å²) >= 11 is 1.15. The second-order valence-corrected chi connectivity index (χ2v) is 9.05. The Balaban J connectivity index is 0.00000272. The number of hydrogen-bond acceptors (Lipinski definition) is 5. The maximum Gasteiger partial charge on any atom is 0.308 e. The average Bonchev–Trinajstić information content (AvgIpc) is 3.30. The first kappa shape index (κ1) is 23.8. The van der Waals surface area contributed by atoms with Crippen molar-refractivity contribution in [3.63, 3.8) is 0 Å². The summed E-state index contributed by atoms with van der Waals surface area (Å²) in [4.78, 5) is 12.2. The van der Waals surface area contributed by atoms with E-state index in [1.807, 2.05) is 12.1 Å². The number of nitrogens with zero attached hydrogens (tertiary/aromatic N) is 1. The third kappa shape index (κ3) is 4.98. The van der Waals surface area contributed by atoms with Gasteiger partial charge in [-0.1, -0.05) is 61.4 Å². The zero-order valence-electron chi connectivity index (χ0n) is 17.9. The standard InChI is InChI=1S/C24H30N2O3S.ClH/c1-2-3-7-18(29-20-11-9-16-6-4-5-8-19(16)20)15-17-10-12-21-22(23(17)27)26(14-13-25)24(28)30-21;/h4-6,8,10,12,18,20,27H,2-3,7,9,11,13-15,25H2,1H3;1H. The quantitative estimate of drug-likeness (QED) is 0.471. The molecule has 0 spiro atoms. The predicted molar refractivity (Wildman–Crippen MR) is 130 cm³/mol. The summed E-state index contributed by atoms with van der Waals surface area (Å²) < 4.78 is 8.98. The predicted octanol–water partition coefficient (Wildman–Crippen LogP) is 4.95. The number of nitrogens with two attached hydrogens (primary N) is 1. The lowest BCUT2D eigenvalue weighted by Crippen LogP contribution is -2.20. The Morgan fingerprint density at radius 3 is 2.87 bits per heavy atom. The monoisotopic (exact) mass is 462 g/mol. The topological polar surface area (TPSA) is 77.5 Å². The van der Waals surface area contributed by atoms with Crippen molar-refractivity contribution < 1.29 is 9.84 Å². The third-order valence-electron chi connectivity index (χ3n) is 6.00. The van der Waals surface area contributed by atoms with Crippen molar-refractivity contribution in [1.29, 1.82) is 0 Å². The fourth-order valence-electron chi connectivity index (χ4n) is 4.47. The molecule has 1 aromatic heterocycles. The first-order valence-corrected chi connectivity index (χ1v) is 11.7. The average molecular weight is 463 g/mol. The van der Waals surface area contributed by atoms with E-state index < -0.39 is 0 Å². The van der Waals surface area contributed by atoms with Crippen molar-refractivity contribution in [2.24, 2.45) is 5.73 Å². The zero-order chi connectivity index (χ0) is 21.1. The molecule has 1 aliphatic rings. The molecule has 1 aliphatic carbocycles. The maximum absolute atomic E-state index is 12.3. The summed E-state index contributed by atoms with van der Waals surface area (Å²) in [6, 6.07) is 12.4. The molecule has 0 aliphatic heterocycles. The normalized spacial score (nSPS) is 16.3. The lowest BCUT2D eigenvalue weighted by Gasteiger charge is -2.23. The van der Waals surface area contributed by atoms with Gasteiger partial charge in [0.1, 0.15) is 11.3 Å². The van der Waals surface area contributed by atoms with E-state index in [0.717, 1.165) is 53.7 Å². The van der Waals surface area contributed by atoms with Gasteiger partial charge in [-0.15, -0.1) is 12.4 Å². The molecule has 0 saturated carbocycles. The number of benzene rings is 2. The van der Waals surface area contributed by atoms with Crippen LogP contribution in [0.4, 0.5) is 0 Å². The van der Waals surface area contributed by atoms with Crippen molar-refractivity contribution in [2.75, 3.05) is 6.54 Å². The van der Waals surface area contributed by atoms with Gasteiger partial charge >= 0.3 is 4.87 Å². The van der Waals surface area contributed by atoms with Gasteiger partial charge in [-0.25, -0.2) is 0 Å². The highest BCUT2D eigenvalue weighted by atomic mass is 35.5. The van der Waals surface area contributed by atoms with Crippen molar-refractivity contribution >= 4 is 34.0 Å². The summed E-state index contributed by atoms with van der Waals surface area (Å²) in [6.45, 7) is 2.95. The van der Waals surface area contributed by atoms with Gasteiger partial charge < -0.3 is 15.6 Å². The molecular weight excluding hydrogens is 432 g/mol. The number of hydrogen-bond donors (Lipinski definition) is 2. The van der Waals surface area contributed by atoms with Crippen molar-refractivity contribution in [1.82, 2.24) is 4.57 Å². The number of rotatable bonds is 9. The summed E-state index contributed by atoms with van der Waals surface area (Å²) in [7, 11) is 0. The SMILES string of the molecule is CCCCC(Cc1ccc2sc(=O)n(CCN)c2c1O)OC1CCc2ccccc21.Cl. The number of phenolic OH excluding ortho intramolecular Hbond substituents is 1. The highest BCUT2D eigenvalue weighted by Crippen LogP contribution is 2.37. The number of aromatic nitrogens is 1. The molecule has 2 unspecified atom stereocenters. The van der Waals surface area contributed by atoms with E-state index in [4.69, 9.17) is 10.5 Å². The molecule has 3 aromatic rings. The molecule has 0 fully saturated rings. The number of halogens is 1. The lowest BCUT2D eigenvalue weighted by atomic mass is 10.0. The fourth-order valence-corrected chi connectivity index (χ4v) is 5.39. The van der Waals surface area contributed by atoms with Crippen LogP contribution in [0.2, 0.25) is 0 Å². The smallest absolute Gasteiger partial charge is 0.308 e. The summed E-state index contributed by atoms with van der Waals surface area (Å²) in [5, 5.41) is 11.0. The van der Waals surface area contributed by atoms with Gasteiger partial charge in [0, 0.05) is 19.5 Å². The van der Waals surface area contributed by atoms with Crippen LogP contribution in [0.3, 0.4) is 0 Å². The maximum atomic E-state index is 12.3. The molecule has 0 bridgehead atoms. The molecule has 168 valence electrons. The molecule has 2 atom stereocenters. The van der Waals surface area contributed by atoms with E-state index in [1.165, 1.54) is 11.1 Å². The number of ether oxygens (including phenoxy) is 1. The van der Waals surface area contributed by atoms with Crippen LogP contribution in [0.15, 0.2) is 41.2 Å². The Hall–Kier alpha value is -1.86. The van der Waals surface area contributed by atoms with Crippen LogP contribution < -0.4 is 10.6 Å². The number of thiazole rings is 1. The molecule has 0 radical (unpaired) electrons. The van der Waals surface area contributed by atoms with E-state index >= 15 is 0 Å². The van der Waals surface area contributed by atoms with Gasteiger partial charge in [-0.2, -0.15) is 0 Å². The van der Waals surface area contributed by atoms with Gasteiger partial charge in [0.05, 0.1) is 16.9 Å². The summed E-state index contributed by atoms with van der Waals surface area (Å²) in [5.74, 6) is 0.191. The minimum absolute atomic E-state index is 0. The number of unbranched alkanes of at least 4 members (excludes halogenated alkanes) is 1. The second kappa shape index (κ2) is 10.6. The largest absolute Gasteiger partial charge is 0.505 e. The number of fused-ring (bicyclic) bond motifs is 2. The number of phenols is 1. The Bertz CT molecular complexity index is 1080. The van der Waals surface area contributed by atoms with E-state index in [0.29, 0.717) is 25.0 Å². The van der Waals surface area contributed by atoms with E-state index in [2.05, 4.69) is 31.2 Å². The van der Waals surface area contributed by atoms with E-state index in [-0.39, 0.29) is 35.2 Å². The molecule has 7 heteroatoms. The van der Waals surface area contributed by atoms with Gasteiger partial charge in [0.2, 0.25) is 0 Å². The molecule has 3 N–H and O–H groups in total. The fraction of sp³-hybridized carbons (Fsp3) is 0.458. The van der Waals surface area contributed by atoms with E-state index in [1.54, 1.807) is 4.57 Å². The summed E-state index contributed by atoms with van der Waals surface area (Å²) in [6.07, 6.45) is 5.97. The number of aryl methyl sites for hydroxylation is 1. The molecule has 0 saturated heterocycles. The molecule has 0 amide bonds. The molecule has 5 nitrogen and oxygen atoms in total. The van der Waals surface area contributed by atoms with Crippen LogP contribution in [0, 0.1) is 0 Å². The molecule has 31 heavy (non-hydrogen) atoms. The third-order valence-corrected chi connectivity index (χ3v) is 6.94.